The maximum absolute atomic E-state index is 12.8. The van der Waals surface area contributed by atoms with Crippen LogP contribution in [0.15, 0.2) is 30.3 Å². The lowest BCUT2D eigenvalue weighted by atomic mass is 10.2. The zero-order valence-electron chi connectivity index (χ0n) is 13.7. The number of piperazine rings is 1. The maximum atomic E-state index is 12.8. The van der Waals surface area contributed by atoms with Crippen LogP contribution in [-0.4, -0.2) is 69.8 Å². The highest BCUT2D eigenvalue weighted by Gasteiger charge is 2.41. The van der Waals surface area contributed by atoms with Crippen molar-refractivity contribution in [1.29, 1.82) is 0 Å². The quantitative estimate of drug-likeness (QED) is 0.770. The number of methoxy groups -OCH3 is 1. The summed E-state index contributed by atoms with van der Waals surface area (Å²) >= 11 is 0. The van der Waals surface area contributed by atoms with Crippen molar-refractivity contribution in [3.8, 4) is 0 Å². The van der Waals surface area contributed by atoms with Crippen LogP contribution in [0.1, 0.15) is 6.42 Å². The van der Waals surface area contributed by atoms with Gasteiger partial charge in [0.15, 0.2) is 0 Å². The second-order valence-electron chi connectivity index (χ2n) is 6.11. The van der Waals surface area contributed by atoms with Crippen LogP contribution < -0.4 is 10.2 Å². The maximum Gasteiger partial charge on any atom is 0.322 e. The standard InChI is InChI=1S/C16H23N3O4S/c1-23-16(20)15-11-14(12-17-15)24(21,22)19-9-7-18(8-10-19)13-5-3-2-4-6-13/h2-6,14-15,17H,7-12H2,1H3. The topological polar surface area (TPSA) is 79.0 Å². The zero-order chi connectivity index (χ0) is 17.2. The number of hydrogen-bond acceptors (Lipinski definition) is 6. The van der Waals surface area contributed by atoms with Crippen LogP contribution in [0.4, 0.5) is 5.69 Å². The molecule has 2 aliphatic heterocycles. The van der Waals surface area contributed by atoms with E-state index in [-0.39, 0.29) is 6.42 Å². The Morgan fingerprint density at radius 1 is 1.17 bits per heavy atom. The molecule has 2 fully saturated rings. The van der Waals surface area contributed by atoms with E-state index in [9.17, 15) is 13.2 Å². The number of rotatable bonds is 4. The molecule has 1 aromatic carbocycles. The molecule has 0 aromatic heterocycles. The third kappa shape index (κ3) is 3.40. The first-order valence-corrected chi connectivity index (χ1v) is 9.63. The number of carbonyl (C=O) groups excluding carboxylic acids is 1. The Morgan fingerprint density at radius 2 is 1.83 bits per heavy atom. The third-order valence-electron chi connectivity index (χ3n) is 4.72. The van der Waals surface area contributed by atoms with E-state index < -0.39 is 27.3 Å². The Balaban J connectivity index is 1.60. The molecule has 1 aromatic rings. The van der Waals surface area contributed by atoms with Gasteiger partial charge in [0.25, 0.3) is 0 Å². The van der Waals surface area contributed by atoms with Gasteiger partial charge in [0, 0.05) is 38.4 Å². The number of hydrogen-bond donors (Lipinski definition) is 1. The summed E-state index contributed by atoms with van der Waals surface area (Å²) in [4.78, 5) is 13.8. The smallest absolute Gasteiger partial charge is 0.322 e. The lowest BCUT2D eigenvalue weighted by Gasteiger charge is -2.36. The summed E-state index contributed by atoms with van der Waals surface area (Å²) in [5.74, 6) is -0.401. The summed E-state index contributed by atoms with van der Waals surface area (Å²) in [5, 5.41) is 2.38. The SMILES string of the molecule is COC(=O)C1CC(S(=O)(=O)N2CCN(c3ccccc3)CC2)CN1. The summed E-state index contributed by atoms with van der Waals surface area (Å²) in [6, 6.07) is 9.47. The molecular formula is C16H23N3O4S. The Hall–Kier alpha value is -1.64. The summed E-state index contributed by atoms with van der Waals surface area (Å²) in [6.07, 6.45) is 0.272. The highest BCUT2D eigenvalue weighted by Crippen LogP contribution is 2.22. The van der Waals surface area contributed by atoms with Gasteiger partial charge in [0.2, 0.25) is 10.0 Å². The molecule has 0 amide bonds. The van der Waals surface area contributed by atoms with E-state index in [1.807, 2.05) is 30.3 Å². The van der Waals surface area contributed by atoms with Crippen molar-refractivity contribution in [3.05, 3.63) is 30.3 Å². The molecule has 2 aliphatic rings. The highest BCUT2D eigenvalue weighted by molar-refractivity contribution is 7.89. The lowest BCUT2D eigenvalue weighted by molar-refractivity contribution is -0.142. The first-order valence-electron chi connectivity index (χ1n) is 8.12. The van der Waals surface area contributed by atoms with E-state index in [0.717, 1.165) is 5.69 Å². The fourth-order valence-corrected chi connectivity index (χ4v) is 5.14. The molecule has 8 heteroatoms. The van der Waals surface area contributed by atoms with Gasteiger partial charge in [-0.05, 0) is 18.6 Å². The van der Waals surface area contributed by atoms with Crippen molar-refractivity contribution in [1.82, 2.24) is 9.62 Å². The van der Waals surface area contributed by atoms with Gasteiger partial charge in [-0.15, -0.1) is 0 Å². The van der Waals surface area contributed by atoms with Gasteiger partial charge in [-0.25, -0.2) is 8.42 Å². The molecule has 132 valence electrons. The largest absolute Gasteiger partial charge is 0.468 e. The van der Waals surface area contributed by atoms with Crippen LogP contribution in [0.2, 0.25) is 0 Å². The van der Waals surface area contributed by atoms with Gasteiger partial charge in [-0.1, -0.05) is 18.2 Å². The molecule has 0 aliphatic carbocycles. The molecule has 3 rings (SSSR count). The summed E-state index contributed by atoms with van der Waals surface area (Å²) in [5.41, 5.74) is 1.11. The normalized spacial score (nSPS) is 25.6. The van der Waals surface area contributed by atoms with Crippen molar-refractivity contribution in [3.63, 3.8) is 0 Å². The molecule has 0 bridgehead atoms. The fraction of sp³-hybridized carbons (Fsp3) is 0.562. The molecule has 2 heterocycles. The average molecular weight is 353 g/mol. The Kier molecular flexibility index (Phi) is 5.07. The molecule has 0 saturated carbocycles. The van der Waals surface area contributed by atoms with Crippen molar-refractivity contribution in [2.24, 2.45) is 0 Å². The van der Waals surface area contributed by atoms with Gasteiger partial charge in [-0.3, -0.25) is 4.79 Å². The van der Waals surface area contributed by atoms with Crippen molar-refractivity contribution in [2.75, 3.05) is 44.7 Å². The van der Waals surface area contributed by atoms with E-state index in [2.05, 4.69) is 15.0 Å². The van der Waals surface area contributed by atoms with Crippen LogP contribution in [0.3, 0.4) is 0 Å². The predicted molar refractivity (Wildman–Crippen MR) is 91.4 cm³/mol. The predicted octanol–water partition coefficient (Wildman–Crippen LogP) is 0.0419. The molecule has 2 saturated heterocycles. The van der Waals surface area contributed by atoms with Crippen LogP contribution in [0.25, 0.3) is 0 Å². The van der Waals surface area contributed by atoms with E-state index in [1.54, 1.807) is 4.31 Å². The number of esters is 1. The van der Waals surface area contributed by atoms with Crippen LogP contribution in [-0.2, 0) is 19.6 Å². The number of para-hydroxylation sites is 1. The first-order chi connectivity index (χ1) is 11.5. The van der Waals surface area contributed by atoms with Crippen LogP contribution >= 0.6 is 0 Å². The van der Waals surface area contributed by atoms with Gasteiger partial charge >= 0.3 is 5.97 Å². The van der Waals surface area contributed by atoms with Gasteiger partial charge < -0.3 is 15.0 Å². The number of anilines is 1. The van der Waals surface area contributed by atoms with Gasteiger partial charge in [-0.2, -0.15) is 4.31 Å². The average Bonchev–Trinajstić information content (AvgIpc) is 3.13. The molecule has 0 radical (unpaired) electrons. The molecule has 7 nitrogen and oxygen atoms in total. The number of benzene rings is 1. The van der Waals surface area contributed by atoms with Gasteiger partial charge in [0.1, 0.15) is 6.04 Å². The van der Waals surface area contributed by atoms with E-state index >= 15 is 0 Å². The van der Waals surface area contributed by atoms with Crippen molar-refractivity contribution in [2.45, 2.75) is 17.7 Å². The third-order valence-corrected chi connectivity index (χ3v) is 7.00. The minimum absolute atomic E-state index is 0.272. The Bertz CT molecular complexity index is 672. The number of nitrogens with zero attached hydrogens (tertiary/aromatic N) is 2. The van der Waals surface area contributed by atoms with Gasteiger partial charge in [0.05, 0.1) is 12.4 Å². The first kappa shape index (κ1) is 17.2. The monoisotopic (exact) mass is 353 g/mol. The minimum atomic E-state index is -3.41. The molecule has 0 spiro atoms. The van der Waals surface area contributed by atoms with Crippen molar-refractivity contribution >= 4 is 21.7 Å². The molecule has 2 unspecified atom stereocenters. The second-order valence-corrected chi connectivity index (χ2v) is 8.32. The zero-order valence-corrected chi connectivity index (χ0v) is 14.5. The summed E-state index contributed by atoms with van der Waals surface area (Å²) < 4.78 is 31.8. The van der Waals surface area contributed by atoms with E-state index in [1.165, 1.54) is 7.11 Å². The summed E-state index contributed by atoms with van der Waals surface area (Å²) in [6.45, 7) is 2.57. The fourth-order valence-electron chi connectivity index (χ4n) is 3.30. The van der Waals surface area contributed by atoms with E-state index in [4.69, 9.17) is 0 Å². The molecule has 24 heavy (non-hydrogen) atoms. The molecule has 1 N–H and O–H groups in total. The number of sulfonamides is 1. The van der Waals surface area contributed by atoms with Crippen LogP contribution in [0, 0.1) is 0 Å². The second kappa shape index (κ2) is 7.08. The minimum Gasteiger partial charge on any atom is -0.468 e. The number of nitrogens with one attached hydrogen (secondary N) is 1. The van der Waals surface area contributed by atoms with E-state index in [0.29, 0.717) is 32.7 Å². The molecular weight excluding hydrogens is 330 g/mol. The molecule has 2 atom stereocenters. The Labute approximate surface area is 142 Å². The van der Waals surface area contributed by atoms with Crippen molar-refractivity contribution < 1.29 is 17.9 Å². The number of ether oxygens (including phenoxy) is 1. The summed E-state index contributed by atoms with van der Waals surface area (Å²) in [7, 11) is -2.09. The lowest BCUT2D eigenvalue weighted by Crippen LogP contribution is -2.51. The number of carbonyl (C=O) groups is 1. The Morgan fingerprint density at radius 3 is 2.46 bits per heavy atom. The van der Waals surface area contributed by atoms with Crippen LogP contribution in [0.5, 0.6) is 0 Å². The highest BCUT2D eigenvalue weighted by atomic mass is 32.2.